The van der Waals surface area contributed by atoms with E-state index in [0.29, 0.717) is 18.7 Å². The van der Waals surface area contributed by atoms with Crippen LogP contribution in [0, 0.1) is 0 Å². The third kappa shape index (κ3) is 3.72. The molecule has 1 aliphatic heterocycles. The first-order valence-electron chi connectivity index (χ1n) is 6.09. The molecule has 0 aliphatic carbocycles. The molecule has 0 fully saturated rings. The van der Waals surface area contributed by atoms with E-state index in [9.17, 15) is 22.8 Å². The summed E-state index contributed by atoms with van der Waals surface area (Å²) in [6.07, 6.45) is -3.96. The highest BCUT2D eigenvalue weighted by Gasteiger charge is 2.30. The van der Waals surface area contributed by atoms with E-state index in [2.05, 4.69) is 4.74 Å². The average Bonchev–Trinajstić information content (AvgIpc) is 2.79. The van der Waals surface area contributed by atoms with E-state index in [1.165, 1.54) is 17.0 Å². The van der Waals surface area contributed by atoms with Crippen molar-refractivity contribution in [1.29, 1.82) is 0 Å². The Balaban J connectivity index is 2.05. The highest BCUT2D eigenvalue weighted by Crippen LogP contribution is 2.29. The van der Waals surface area contributed by atoms with Crippen LogP contribution in [-0.2, 0) is 16.0 Å². The number of hydrogen-bond acceptors (Lipinski definition) is 3. The van der Waals surface area contributed by atoms with Crippen molar-refractivity contribution >= 4 is 17.6 Å². The van der Waals surface area contributed by atoms with Gasteiger partial charge in [-0.25, -0.2) is 4.79 Å². The highest BCUT2D eigenvalue weighted by molar-refractivity contribution is 5.98. The predicted molar refractivity (Wildman–Crippen MR) is 66.3 cm³/mol. The third-order valence-electron chi connectivity index (χ3n) is 3.02. The Hall–Kier alpha value is -2.09. The maximum atomic E-state index is 11.9. The molecule has 1 heterocycles. The van der Waals surface area contributed by atoms with Crippen molar-refractivity contribution in [3.05, 3.63) is 29.3 Å². The zero-order valence-electron chi connectivity index (χ0n) is 10.8. The maximum Gasteiger partial charge on any atom is 0.411 e. The zero-order valence-corrected chi connectivity index (χ0v) is 10.8. The number of nitrogens with zero attached hydrogens (tertiary/aromatic N) is 1. The van der Waals surface area contributed by atoms with Crippen LogP contribution in [0.25, 0.3) is 0 Å². The molecule has 1 N–H and O–H groups in total. The molecule has 0 aromatic heterocycles. The SMILES string of the molecule is O=C(O)c1ccc2c(c1)N(C(=O)COCC(F)(F)F)CC2. The highest BCUT2D eigenvalue weighted by atomic mass is 19.4. The average molecular weight is 303 g/mol. The van der Waals surface area contributed by atoms with E-state index in [1.807, 2.05) is 0 Å². The van der Waals surface area contributed by atoms with Crippen LogP contribution in [0.2, 0.25) is 0 Å². The van der Waals surface area contributed by atoms with Gasteiger partial charge in [0.2, 0.25) is 0 Å². The number of ether oxygens (including phenoxy) is 1. The minimum atomic E-state index is -4.49. The first-order valence-corrected chi connectivity index (χ1v) is 6.09. The first-order chi connectivity index (χ1) is 9.78. The molecule has 1 aliphatic rings. The molecule has 0 spiro atoms. The summed E-state index contributed by atoms with van der Waals surface area (Å²) in [5, 5.41) is 8.92. The van der Waals surface area contributed by atoms with Gasteiger partial charge in [0.25, 0.3) is 5.91 Å². The molecule has 114 valence electrons. The number of alkyl halides is 3. The molecule has 5 nitrogen and oxygen atoms in total. The lowest BCUT2D eigenvalue weighted by molar-refractivity contribution is -0.175. The predicted octanol–water partition coefficient (Wildman–Crippen LogP) is 1.85. The number of anilines is 1. The molecule has 0 atom stereocenters. The number of carbonyl (C=O) groups excluding carboxylic acids is 1. The molecule has 0 unspecified atom stereocenters. The van der Waals surface area contributed by atoms with E-state index in [1.54, 1.807) is 6.07 Å². The van der Waals surface area contributed by atoms with Crippen molar-refractivity contribution in [3.63, 3.8) is 0 Å². The molecule has 2 rings (SSSR count). The van der Waals surface area contributed by atoms with Crippen LogP contribution in [0.5, 0.6) is 0 Å². The van der Waals surface area contributed by atoms with E-state index < -0.39 is 31.3 Å². The van der Waals surface area contributed by atoms with E-state index >= 15 is 0 Å². The number of carboxylic acids is 1. The summed E-state index contributed by atoms with van der Waals surface area (Å²) in [4.78, 5) is 24.0. The summed E-state index contributed by atoms with van der Waals surface area (Å²) in [6, 6.07) is 4.37. The molecule has 1 amide bonds. The molecule has 0 saturated heterocycles. The van der Waals surface area contributed by atoms with Crippen molar-refractivity contribution in [2.75, 3.05) is 24.7 Å². The number of carbonyl (C=O) groups is 2. The number of hydrogen-bond donors (Lipinski definition) is 1. The van der Waals surface area contributed by atoms with Crippen LogP contribution < -0.4 is 4.90 Å². The smallest absolute Gasteiger partial charge is 0.411 e. The van der Waals surface area contributed by atoms with Crippen LogP contribution in [0.1, 0.15) is 15.9 Å². The van der Waals surface area contributed by atoms with Gasteiger partial charge in [-0.1, -0.05) is 6.07 Å². The van der Waals surface area contributed by atoms with Crippen LogP contribution in [0.3, 0.4) is 0 Å². The van der Waals surface area contributed by atoms with Gasteiger partial charge >= 0.3 is 12.1 Å². The number of aromatic carboxylic acids is 1. The van der Waals surface area contributed by atoms with Gasteiger partial charge in [0.15, 0.2) is 0 Å². The minimum absolute atomic E-state index is 0.0182. The molecular formula is C13H12F3NO4. The number of rotatable bonds is 4. The number of halogens is 3. The first kappa shape index (κ1) is 15.3. The van der Waals surface area contributed by atoms with Gasteiger partial charge in [0.1, 0.15) is 13.2 Å². The largest absolute Gasteiger partial charge is 0.478 e. The van der Waals surface area contributed by atoms with Crippen molar-refractivity contribution in [2.45, 2.75) is 12.6 Å². The van der Waals surface area contributed by atoms with Gasteiger partial charge in [-0.3, -0.25) is 4.79 Å². The van der Waals surface area contributed by atoms with Crippen molar-refractivity contribution in [2.24, 2.45) is 0 Å². The van der Waals surface area contributed by atoms with Crippen LogP contribution in [0.15, 0.2) is 18.2 Å². The summed E-state index contributed by atoms with van der Waals surface area (Å²) in [5.41, 5.74) is 1.21. The fraction of sp³-hybridized carbons (Fsp3) is 0.385. The number of benzene rings is 1. The second kappa shape index (κ2) is 5.72. The van der Waals surface area contributed by atoms with Gasteiger partial charge in [0, 0.05) is 12.2 Å². The van der Waals surface area contributed by atoms with Crippen molar-refractivity contribution in [1.82, 2.24) is 0 Å². The second-order valence-corrected chi connectivity index (χ2v) is 4.55. The van der Waals surface area contributed by atoms with Gasteiger partial charge in [-0.15, -0.1) is 0 Å². The Bertz CT molecular complexity index is 571. The molecule has 8 heteroatoms. The summed E-state index contributed by atoms with van der Waals surface area (Å²) in [5.74, 6) is -1.76. The Morgan fingerprint density at radius 2 is 2.05 bits per heavy atom. The lowest BCUT2D eigenvalue weighted by Crippen LogP contribution is -2.33. The quantitative estimate of drug-likeness (QED) is 0.922. The van der Waals surface area contributed by atoms with Gasteiger partial charge < -0.3 is 14.7 Å². The van der Waals surface area contributed by atoms with E-state index in [0.717, 1.165) is 5.56 Å². The standard InChI is InChI=1S/C13H12F3NO4/c14-13(15,16)7-21-6-11(18)17-4-3-8-1-2-9(12(19)20)5-10(8)17/h1-2,5H,3-4,6-7H2,(H,19,20). The molecule has 21 heavy (non-hydrogen) atoms. The Kier molecular flexibility index (Phi) is 4.17. The summed E-state index contributed by atoms with van der Waals surface area (Å²) in [7, 11) is 0. The molecule has 1 aromatic rings. The number of carboxylic acid groups (broad SMARTS) is 1. The van der Waals surface area contributed by atoms with Crippen molar-refractivity contribution in [3.8, 4) is 0 Å². The molecular weight excluding hydrogens is 291 g/mol. The number of amides is 1. The monoisotopic (exact) mass is 303 g/mol. The zero-order chi connectivity index (χ0) is 15.6. The Labute approximate surface area is 117 Å². The Morgan fingerprint density at radius 3 is 2.67 bits per heavy atom. The summed E-state index contributed by atoms with van der Waals surface area (Å²) >= 11 is 0. The lowest BCUT2D eigenvalue weighted by atomic mass is 10.1. The summed E-state index contributed by atoms with van der Waals surface area (Å²) in [6.45, 7) is -1.89. The lowest BCUT2D eigenvalue weighted by Gasteiger charge is -2.18. The minimum Gasteiger partial charge on any atom is -0.478 e. The number of fused-ring (bicyclic) bond motifs is 1. The topological polar surface area (TPSA) is 66.8 Å². The van der Waals surface area contributed by atoms with Crippen molar-refractivity contribution < 1.29 is 32.6 Å². The van der Waals surface area contributed by atoms with Gasteiger partial charge in [-0.2, -0.15) is 13.2 Å². The molecule has 0 saturated carbocycles. The van der Waals surface area contributed by atoms with Crippen LogP contribution in [0.4, 0.5) is 18.9 Å². The fourth-order valence-electron chi connectivity index (χ4n) is 2.10. The van der Waals surface area contributed by atoms with Crippen LogP contribution >= 0.6 is 0 Å². The third-order valence-corrected chi connectivity index (χ3v) is 3.02. The fourth-order valence-corrected chi connectivity index (χ4v) is 2.10. The van der Waals surface area contributed by atoms with Gasteiger partial charge in [0.05, 0.1) is 5.56 Å². The van der Waals surface area contributed by atoms with E-state index in [4.69, 9.17) is 5.11 Å². The molecule has 0 radical (unpaired) electrons. The Morgan fingerprint density at radius 1 is 1.33 bits per heavy atom. The van der Waals surface area contributed by atoms with Crippen LogP contribution in [-0.4, -0.2) is 42.9 Å². The van der Waals surface area contributed by atoms with Gasteiger partial charge in [-0.05, 0) is 24.1 Å². The second-order valence-electron chi connectivity index (χ2n) is 4.55. The molecule has 0 bridgehead atoms. The maximum absolute atomic E-state index is 11.9. The normalized spacial score (nSPS) is 14.1. The molecule has 1 aromatic carbocycles. The van der Waals surface area contributed by atoms with E-state index in [-0.39, 0.29) is 5.56 Å². The summed E-state index contributed by atoms with van der Waals surface area (Å²) < 4.78 is 40.2.